The number of benzene rings is 1. The van der Waals surface area contributed by atoms with Gasteiger partial charge >= 0.3 is 5.69 Å². The number of imidazole rings is 1. The third-order valence-electron chi connectivity index (χ3n) is 4.08. The van der Waals surface area contributed by atoms with Gasteiger partial charge in [0, 0.05) is 25.0 Å². The van der Waals surface area contributed by atoms with Crippen LogP contribution in [0, 0.1) is 18.3 Å². The highest BCUT2D eigenvalue weighted by Gasteiger charge is 2.13. The number of nitriles is 1. The van der Waals surface area contributed by atoms with Gasteiger partial charge in [0.1, 0.15) is 11.6 Å². The molecule has 0 fully saturated rings. The number of fused-ring (bicyclic) bond motifs is 1. The first-order valence-electron chi connectivity index (χ1n) is 7.95. The van der Waals surface area contributed by atoms with Crippen molar-refractivity contribution in [3.05, 3.63) is 40.2 Å². The average molecular weight is 338 g/mol. The van der Waals surface area contributed by atoms with Crippen LogP contribution in [0.2, 0.25) is 0 Å². The predicted octanol–water partition coefficient (Wildman–Crippen LogP) is 1.64. The zero-order chi connectivity index (χ0) is 18.0. The van der Waals surface area contributed by atoms with Crippen LogP contribution < -0.4 is 11.0 Å². The van der Waals surface area contributed by atoms with Gasteiger partial charge in [-0.3, -0.25) is 9.13 Å². The summed E-state index contributed by atoms with van der Waals surface area (Å²) in [4.78, 5) is 12.5. The summed E-state index contributed by atoms with van der Waals surface area (Å²) in [5.74, 6) is 0.219. The number of H-pyrrole nitrogens is 1. The number of nitrogens with one attached hydrogen (secondary N) is 2. The summed E-state index contributed by atoms with van der Waals surface area (Å²) in [5.41, 5.74) is 3.77. The Balaban J connectivity index is 2.07. The van der Waals surface area contributed by atoms with E-state index in [1.165, 1.54) is 6.20 Å². The van der Waals surface area contributed by atoms with Crippen LogP contribution in [-0.4, -0.2) is 29.8 Å². The first-order valence-corrected chi connectivity index (χ1v) is 7.95. The summed E-state index contributed by atoms with van der Waals surface area (Å²) >= 11 is 0. The van der Waals surface area contributed by atoms with Gasteiger partial charge in [0.2, 0.25) is 5.82 Å². The number of aromatic amines is 1. The second-order valence-electron chi connectivity index (χ2n) is 5.48. The van der Waals surface area contributed by atoms with Gasteiger partial charge in [-0.05, 0) is 43.7 Å². The van der Waals surface area contributed by atoms with E-state index in [1.807, 2.05) is 39.0 Å². The average Bonchev–Trinajstić information content (AvgIpc) is 3.21. The molecule has 2 N–H and O–H groups in total. The van der Waals surface area contributed by atoms with Gasteiger partial charge in [-0.1, -0.05) is 0 Å². The van der Waals surface area contributed by atoms with Crippen molar-refractivity contribution >= 4 is 22.3 Å². The topological polar surface area (TPSA) is 117 Å². The molecule has 3 rings (SSSR count). The Labute approximate surface area is 143 Å². The molecule has 0 amide bonds. The molecule has 2 aromatic heterocycles. The van der Waals surface area contributed by atoms with Gasteiger partial charge in [-0.2, -0.15) is 10.5 Å². The first-order chi connectivity index (χ1) is 12.1. The summed E-state index contributed by atoms with van der Waals surface area (Å²) in [5, 5.41) is 25.7. The lowest BCUT2D eigenvalue weighted by atomic mass is 10.1. The highest BCUT2D eigenvalue weighted by atomic mass is 16.1. The van der Waals surface area contributed by atoms with Crippen LogP contribution in [0.25, 0.3) is 16.6 Å². The number of anilines is 1. The minimum absolute atomic E-state index is 0.0170. The van der Waals surface area contributed by atoms with E-state index in [9.17, 15) is 10.1 Å². The Kier molecular flexibility index (Phi) is 4.35. The lowest BCUT2D eigenvalue weighted by molar-refractivity contribution is 0.671. The summed E-state index contributed by atoms with van der Waals surface area (Å²) in [6.45, 7) is 7.05. The van der Waals surface area contributed by atoms with Crippen LogP contribution in [0.4, 0.5) is 5.69 Å². The molecule has 3 aromatic rings. The van der Waals surface area contributed by atoms with Gasteiger partial charge in [0.05, 0.1) is 11.0 Å². The molecule has 0 saturated heterocycles. The quantitative estimate of drug-likeness (QED) is 0.683. The van der Waals surface area contributed by atoms with E-state index < -0.39 is 0 Å². The van der Waals surface area contributed by atoms with E-state index in [0.29, 0.717) is 13.1 Å². The molecule has 9 nitrogen and oxygen atoms in total. The Morgan fingerprint density at radius 3 is 2.56 bits per heavy atom. The van der Waals surface area contributed by atoms with E-state index in [0.717, 1.165) is 22.3 Å². The molecule has 128 valence electrons. The summed E-state index contributed by atoms with van der Waals surface area (Å²) in [6.07, 6.45) is 1.53. The normalized spacial score (nSPS) is 11.7. The van der Waals surface area contributed by atoms with Gasteiger partial charge in [-0.15, -0.1) is 10.2 Å². The van der Waals surface area contributed by atoms with Crippen molar-refractivity contribution in [3.63, 3.8) is 0 Å². The number of nitrogens with zero attached hydrogens (tertiary/aromatic N) is 6. The van der Waals surface area contributed by atoms with Crippen LogP contribution in [0.15, 0.2) is 23.1 Å². The predicted molar refractivity (Wildman–Crippen MR) is 93.7 cm³/mol. The SMILES string of the molecule is CCn1c(=O)n(CC)c2cc(NC=C(C#N)c3nn[nH]n3)c(C)cc21. The van der Waals surface area contributed by atoms with Gasteiger partial charge in [0.15, 0.2) is 0 Å². The zero-order valence-electron chi connectivity index (χ0n) is 14.2. The lowest BCUT2D eigenvalue weighted by Gasteiger charge is -2.08. The fraction of sp³-hybridized carbons (Fsp3) is 0.312. The number of tetrazole rings is 1. The molecular formula is C16H18N8O. The number of allylic oxidation sites excluding steroid dienone is 1. The molecular weight excluding hydrogens is 320 g/mol. The molecule has 0 saturated carbocycles. The highest BCUT2D eigenvalue weighted by molar-refractivity contribution is 5.83. The number of aryl methyl sites for hydroxylation is 3. The smallest absolute Gasteiger partial charge is 0.329 e. The Bertz CT molecular complexity index is 1030. The van der Waals surface area contributed by atoms with Crippen molar-refractivity contribution in [2.75, 3.05) is 5.32 Å². The molecule has 0 unspecified atom stereocenters. The molecule has 0 atom stereocenters. The van der Waals surface area contributed by atoms with Gasteiger partial charge < -0.3 is 5.32 Å². The fourth-order valence-electron chi connectivity index (χ4n) is 2.80. The number of aromatic nitrogens is 6. The maximum Gasteiger partial charge on any atom is 0.329 e. The van der Waals surface area contributed by atoms with Crippen LogP contribution in [0.1, 0.15) is 25.2 Å². The lowest BCUT2D eigenvalue weighted by Crippen LogP contribution is -2.23. The van der Waals surface area contributed by atoms with Gasteiger partial charge in [-0.25, -0.2) is 4.79 Å². The highest BCUT2D eigenvalue weighted by Crippen LogP contribution is 2.24. The van der Waals surface area contributed by atoms with Crippen LogP contribution in [0.3, 0.4) is 0 Å². The van der Waals surface area contributed by atoms with E-state index >= 15 is 0 Å². The van der Waals surface area contributed by atoms with Crippen LogP contribution in [0.5, 0.6) is 0 Å². The second kappa shape index (κ2) is 6.60. The summed E-state index contributed by atoms with van der Waals surface area (Å²) in [6, 6.07) is 5.93. The zero-order valence-corrected chi connectivity index (χ0v) is 14.2. The van der Waals surface area contributed by atoms with Crippen molar-refractivity contribution in [3.8, 4) is 6.07 Å². The number of rotatable bonds is 5. The third kappa shape index (κ3) is 2.78. The molecule has 1 aromatic carbocycles. The Morgan fingerprint density at radius 1 is 1.32 bits per heavy atom. The fourth-order valence-corrected chi connectivity index (χ4v) is 2.80. The van der Waals surface area contributed by atoms with Crippen molar-refractivity contribution in [2.24, 2.45) is 0 Å². The van der Waals surface area contributed by atoms with E-state index in [1.54, 1.807) is 9.13 Å². The van der Waals surface area contributed by atoms with Crippen molar-refractivity contribution in [1.29, 1.82) is 5.26 Å². The van der Waals surface area contributed by atoms with Crippen molar-refractivity contribution in [1.82, 2.24) is 29.8 Å². The molecule has 9 heteroatoms. The molecule has 0 spiro atoms. The third-order valence-corrected chi connectivity index (χ3v) is 4.08. The molecule has 2 heterocycles. The summed E-state index contributed by atoms with van der Waals surface area (Å²) in [7, 11) is 0. The maximum atomic E-state index is 12.5. The van der Waals surface area contributed by atoms with E-state index in [-0.39, 0.29) is 17.1 Å². The monoisotopic (exact) mass is 338 g/mol. The van der Waals surface area contributed by atoms with E-state index in [2.05, 4.69) is 25.9 Å². The molecule has 0 aliphatic heterocycles. The molecule has 0 radical (unpaired) electrons. The van der Waals surface area contributed by atoms with Gasteiger partial charge in [0.25, 0.3) is 0 Å². The van der Waals surface area contributed by atoms with Crippen LogP contribution >= 0.6 is 0 Å². The van der Waals surface area contributed by atoms with E-state index in [4.69, 9.17) is 0 Å². The summed E-state index contributed by atoms with van der Waals surface area (Å²) < 4.78 is 3.49. The molecule has 25 heavy (non-hydrogen) atoms. The first kappa shape index (κ1) is 16.4. The number of hydrogen-bond acceptors (Lipinski definition) is 6. The maximum absolute atomic E-state index is 12.5. The molecule has 0 bridgehead atoms. The minimum Gasteiger partial charge on any atom is -0.360 e. The second-order valence-corrected chi connectivity index (χ2v) is 5.48. The minimum atomic E-state index is -0.0170. The standard InChI is InChI=1S/C16H18N8O/c1-4-23-13-6-10(3)12(7-14(13)24(5-2)16(23)25)18-9-11(8-17)15-19-21-22-20-15/h6-7,9,18H,4-5H2,1-3H3,(H,19,20,21,22). The molecule has 0 aliphatic carbocycles. The largest absolute Gasteiger partial charge is 0.360 e. The Hall–Kier alpha value is -3.41. The van der Waals surface area contributed by atoms with Crippen LogP contribution in [-0.2, 0) is 13.1 Å². The Morgan fingerprint density at radius 2 is 2.00 bits per heavy atom. The molecule has 0 aliphatic rings. The number of hydrogen-bond donors (Lipinski definition) is 2. The van der Waals surface area contributed by atoms with Crippen molar-refractivity contribution in [2.45, 2.75) is 33.9 Å². The van der Waals surface area contributed by atoms with Crippen molar-refractivity contribution < 1.29 is 0 Å².